The zero-order valence-electron chi connectivity index (χ0n) is 9.60. The molecule has 18 heavy (non-hydrogen) atoms. The third-order valence-electron chi connectivity index (χ3n) is 2.85. The van der Waals surface area contributed by atoms with Crippen LogP contribution in [0, 0.1) is 5.92 Å². The van der Waals surface area contributed by atoms with E-state index in [2.05, 4.69) is 26.2 Å². The number of nitrogens with zero attached hydrogens (tertiary/aromatic N) is 1. The average molecular weight is 333 g/mol. The molecule has 1 atom stereocenters. The monoisotopic (exact) mass is 332 g/mol. The van der Waals surface area contributed by atoms with E-state index in [1.807, 2.05) is 0 Å². The predicted octanol–water partition coefficient (Wildman–Crippen LogP) is 1.01. The van der Waals surface area contributed by atoms with E-state index in [0.717, 1.165) is 4.47 Å². The molecule has 0 bridgehead atoms. The second-order valence-electron chi connectivity index (χ2n) is 4.37. The van der Waals surface area contributed by atoms with Gasteiger partial charge in [-0.3, -0.25) is 9.78 Å². The number of hydrogen-bond donors (Lipinski definition) is 1. The Balaban J connectivity index is 1.90. The van der Waals surface area contributed by atoms with E-state index >= 15 is 0 Å². The van der Waals surface area contributed by atoms with Gasteiger partial charge in [0, 0.05) is 23.4 Å². The highest BCUT2D eigenvalue weighted by Crippen LogP contribution is 2.17. The predicted molar refractivity (Wildman–Crippen MR) is 71.0 cm³/mol. The second kappa shape index (κ2) is 5.36. The highest BCUT2D eigenvalue weighted by atomic mass is 79.9. The number of hydrogen-bond acceptors (Lipinski definition) is 4. The molecule has 2 rings (SSSR count). The van der Waals surface area contributed by atoms with Crippen molar-refractivity contribution in [3.63, 3.8) is 0 Å². The lowest BCUT2D eigenvalue weighted by molar-refractivity contribution is 0.0948. The first-order chi connectivity index (χ1) is 8.46. The van der Waals surface area contributed by atoms with E-state index < -0.39 is 9.84 Å². The van der Waals surface area contributed by atoms with Gasteiger partial charge in [-0.15, -0.1) is 0 Å². The van der Waals surface area contributed by atoms with Crippen molar-refractivity contribution in [3.8, 4) is 0 Å². The van der Waals surface area contributed by atoms with Gasteiger partial charge in [-0.2, -0.15) is 0 Å². The Bertz CT molecular complexity index is 559. The summed E-state index contributed by atoms with van der Waals surface area (Å²) in [6.07, 6.45) is 3.70. The quantitative estimate of drug-likeness (QED) is 0.896. The van der Waals surface area contributed by atoms with Gasteiger partial charge in [0.2, 0.25) is 0 Å². The lowest BCUT2D eigenvalue weighted by Crippen LogP contribution is -2.29. The first kappa shape index (κ1) is 13.5. The summed E-state index contributed by atoms with van der Waals surface area (Å²) in [7, 11) is -2.89. The fourth-order valence-electron chi connectivity index (χ4n) is 1.91. The van der Waals surface area contributed by atoms with Gasteiger partial charge in [0.25, 0.3) is 5.91 Å². The van der Waals surface area contributed by atoms with Crippen molar-refractivity contribution in [2.75, 3.05) is 18.1 Å². The highest BCUT2D eigenvalue weighted by molar-refractivity contribution is 9.10. The molecule has 0 saturated carbocycles. The maximum atomic E-state index is 11.8. The van der Waals surface area contributed by atoms with Gasteiger partial charge in [0.1, 0.15) is 0 Å². The minimum absolute atomic E-state index is 0.0269. The molecule has 5 nitrogen and oxygen atoms in total. The van der Waals surface area contributed by atoms with E-state index in [1.165, 1.54) is 6.20 Å². The Morgan fingerprint density at radius 1 is 1.50 bits per heavy atom. The van der Waals surface area contributed by atoms with Gasteiger partial charge >= 0.3 is 0 Å². The third-order valence-corrected chi connectivity index (χ3v) is 5.12. The Labute approximate surface area is 114 Å². The Kier molecular flexibility index (Phi) is 4.01. The van der Waals surface area contributed by atoms with Gasteiger partial charge in [-0.25, -0.2) is 8.42 Å². The van der Waals surface area contributed by atoms with Crippen molar-refractivity contribution in [2.24, 2.45) is 5.92 Å². The SMILES string of the molecule is O=C(NC[C@H]1CCS(=O)(=O)C1)c1cncc(Br)c1. The van der Waals surface area contributed by atoms with Gasteiger partial charge in [0.15, 0.2) is 9.84 Å². The molecule has 0 aromatic carbocycles. The summed E-state index contributed by atoms with van der Waals surface area (Å²) in [6, 6.07) is 1.67. The molecule has 2 heterocycles. The molecule has 0 unspecified atom stereocenters. The maximum Gasteiger partial charge on any atom is 0.252 e. The van der Waals surface area contributed by atoms with Crippen molar-refractivity contribution in [2.45, 2.75) is 6.42 Å². The summed E-state index contributed by atoms with van der Waals surface area (Å²) >= 11 is 3.24. The van der Waals surface area contributed by atoms with Crippen LogP contribution in [-0.4, -0.2) is 37.4 Å². The first-order valence-corrected chi connectivity index (χ1v) is 8.17. The standard InChI is InChI=1S/C11H13BrN2O3S/c12-10-3-9(5-13-6-10)11(15)14-4-8-1-2-18(16,17)7-8/h3,5-6,8H,1-2,4,7H2,(H,14,15)/t8-/m1/s1. The van der Waals surface area contributed by atoms with E-state index in [0.29, 0.717) is 18.5 Å². The van der Waals surface area contributed by atoms with Gasteiger partial charge < -0.3 is 5.32 Å². The Morgan fingerprint density at radius 3 is 2.89 bits per heavy atom. The molecule has 1 aliphatic heterocycles. The smallest absolute Gasteiger partial charge is 0.252 e. The minimum Gasteiger partial charge on any atom is -0.352 e. The molecular formula is C11H13BrN2O3S. The van der Waals surface area contributed by atoms with Crippen LogP contribution in [0.4, 0.5) is 0 Å². The fourth-order valence-corrected chi connectivity index (χ4v) is 4.13. The zero-order valence-corrected chi connectivity index (χ0v) is 12.0. The summed E-state index contributed by atoms with van der Waals surface area (Å²) in [6.45, 7) is 0.393. The van der Waals surface area contributed by atoms with Crippen LogP contribution in [0.2, 0.25) is 0 Å². The molecule has 1 aromatic rings. The normalized spacial score (nSPS) is 21.7. The van der Waals surface area contributed by atoms with Crippen LogP contribution in [0.1, 0.15) is 16.8 Å². The van der Waals surface area contributed by atoms with Crippen molar-refractivity contribution >= 4 is 31.7 Å². The number of halogens is 1. The van der Waals surface area contributed by atoms with Crippen molar-refractivity contribution < 1.29 is 13.2 Å². The van der Waals surface area contributed by atoms with E-state index in [1.54, 1.807) is 12.3 Å². The van der Waals surface area contributed by atoms with Crippen molar-refractivity contribution in [1.82, 2.24) is 10.3 Å². The van der Waals surface area contributed by atoms with Gasteiger partial charge in [-0.1, -0.05) is 0 Å². The minimum atomic E-state index is -2.89. The van der Waals surface area contributed by atoms with Crippen LogP contribution in [-0.2, 0) is 9.84 Å². The lowest BCUT2D eigenvalue weighted by Gasteiger charge is -2.09. The Morgan fingerprint density at radius 2 is 2.28 bits per heavy atom. The third kappa shape index (κ3) is 3.52. The molecule has 1 fully saturated rings. The molecule has 1 aromatic heterocycles. The second-order valence-corrected chi connectivity index (χ2v) is 7.52. The highest BCUT2D eigenvalue weighted by Gasteiger charge is 2.27. The number of sulfone groups is 1. The lowest BCUT2D eigenvalue weighted by atomic mass is 10.1. The molecule has 1 saturated heterocycles. The van der Waals surface area contributed by atoms with Crippen LogP contribution < -0.4 is 5.32 Å². The fraction of sp³-hybridized carbons (Fsp3) is 0.455. The number of amides is 1. The van der Waals surface area contributed by atoms with Crippen LogP contribution in [0.3, 0.4) is 0 Å². The van der Waals surface area contributed by atoms with E-state index in [-0.39, 0.29) is 23.3 Å². The number of carbonyl (C=O) groups is 1. The van der Waals surface area contributed by atoms with Crippen LogP contribution >= 0.6 is 15.9 Å². The number of rotatable bonds is 3. The topological polar surface area (TPSA) is 76.1 Å². The molecule has 98 valence electrons. The summed E-state index contributed by atoms with van der Waals surface area (Å²) in [5.41, 5.74) is 0.463. The number of carbonyl (C=O) groups excluding carboxylic acids is 1. The summed E-state index contributed by atoms with van der Waals surface area (Å²) in [4.78, 5) is 15.7. The molecule has 0 radical (unpaired) electrons. The Hall–Kier alpha value is -0.950. The molecule has 1 N–H and O–H groups in total. The molecule has 1 aliphatic rings. The zero-order chi connectivity index (χ0) is 13.2. The molecule has 7 heteroatoms. The van der Waals surface area contributed by atoms with E-state index in [4.69, 9.17) is 0 Å². The number of aromatic nitrogens is 1. The summed E-state index contributed by atoms with van der Waals surface area (Å²) < 4.78 is 23.3. The number of nitrogens with one attached hydrogen (secondary N) is 1. The van der Waals surface area contributed by atoms with Crippen molar-refractivity contribution in [1.29, 1.82) is 0 Å². The largest absolute Gasteiger partial charge is 0.352 e. The van der Waals surface area contributed by atoms with Crippen LogP contribution in [0.5, 0.6) is 0 Å². The molecule has 0 spiro atoms. The molecule has 0 aliphatic carbocycles. The number of pyridine rings is 1. The van der Waals surface area contributed by atoms with Crippen LogP contribution in [0.15, 0.2) is 22.9 Å². The summed E-state index contributed by atoms with van der Waals surface area (Å²) in [5, 5.41) is 2.74. The average Bonchev–Trinajstić information content (AvgIpc) is 2.66. The van der Waals surface area contributed by atoms with Gasteiger partial charge in [-0.05, 0) is 34.3 Å². The van der Waals surface area contributed by atoms with E-state index in [9.17, 15) is 13.2 Å². The van der Waals surface area contributed by atoms with Crippen molar-refractivity contribution in [3.05, 3.63) is 28.5 Å². The molecule has 1 amide bonds. The van der Waals surface area contributed by atoms with Crippen LogP contribution in [0.25, 0.3) is 0 Å². The van der Waals surface area contributed by atoms with Gasteiger partial charge in [0.05, 0.1) is 17.1 Å². The maximum absolute atomic E-state index is 11.8. The summed E-state index contributed by atoms with van der Waals surface area (Å²) in [5.74, 6) is 0.197. The molecular weight excluding hydrogens is 320 g/mol. The first-order valence-electron chi connectivity index (χ1n) is 5.55.